The maximum Gasteiger partial charge on any atom is 0.255 e. The van der Waals surface area contributed by atoms with E-state index in [1.165, 1.54) is 6.26 Å². The third-order valence-corrected chi connectivity index (χ3v) is 4.37. The lowest BCUT2D eigenvalue weighted by molar-refractivity contribution is 0.0940. The van der Waals surface area contributed by atoms with Crippen LogP contribution >= 0.6 is 0 Å². The summed E-state index contributed by atoms with van der Waals surface area (Å²) in [5, 5.41) is 13.3. The van der Waals surface area contributed by atoms with Crippen LogP contribution in [-0.2, 0) is 12.8 Å². The summed E-state index contributed by atoms with van der Waals surface area (Å²) >= 11 is 0. The van der Waals surface area contributed by atoms with Gasteiger partial charge in [0.2, 0.25) is 0 Å². The predicted octanol–water partition coefficient (Wildman–Crippen LogP) is 2.97. The molecule has 1 aromatic carbocycles. The Morgan fingerprint density at radius 1 is 1.24 bits per heavy atom. The number of aliphatic hydroxyl groups is 1. The number of nitrogens with one attached hydrogen (secondary N) is 1. The second kappa shape index (κ2) is 7.94. The molecule has 2 heterocycles. The minimum atomic E-state index is -0.180. The van der Waals surface area contributed by atoms with Crippen LogP contribution in [0.5, 0.6) is 0 Å². The molecule has 0 unspecified atom stereocenters. The Hall–Kier alpha value is -2.66. The summed E-state index contributed by atoms with van der Waals surface area (Å²) in [5.74, 6) is -0.226. The van der Waals surface area contributed by atoms with Gasteiger partial charge in [-0.2, -0.15) is 0 Å². The Labute approximate surface area is 146 Å². The predicted molar refractivity (Wildman–Crippen MR) is 96.4 cm³/mol. The molecule has 0 fully saturated rings. The number of pyridine rings is 1. The van der Waals surface area contributed by atoms with Crippen LogP contribution in [0.25, 0.3) is 11.0 Å². The molecule has 2 N–H and O–H groups in total. The largest absolute Gasteiger partial charge is 0.463 e. The lowest BCUT2D eigenvalue weighted by Gasteiger charge is -2.15. The Balaban J connectivity index is 1.67. The van der Waals surface area contributed by atoms with Crippen molar-refractivity contribution in [2.45, 2.75) is 19.8 Å². The highest BCUT2D eigenvalue weighted by molar-refractivity contribution is 6.06. The van der Waals surface area contributed by atoms with Gasteiger partial charge in [0.15, 0.2) is 0 Å². The van der Waals surface area contributed by atoms with Crippen LogP contribution in [0.2, 0.25) is 0 Å². The van der Waals surface area contributed by atoms with Crippen molar-refractivity contribution in [1.82, 2.24) is 10.3 Å². The number of hydrogen-bond acceptors (Lipinski definition) is 4. The van der Waals surface area contributed by atoms with Crippen molar-refractivity contribution in [1.29, 1.82) is 0 Å². The number of benzene rings is 1. The van der Waals surface area contributed by atoms with Crippen molar-refractivity contribution in [2.24, 2.45) is 5.92 Å². The molecule has 0 aliphatic rings. The topological polar surface area (TPSA) is 75.4 Å². The van der Waals surface area contributed by atoms with Crippen molar-refractivity contribution >= 4 is 16.9 Å². The first-order chi connectivity index (χ1) is 12.2. The second-order valence-corrected chi connectivity index (χ2v) is 6.15. The van der Waals surface area contributed by atoms with Gasteiger partial charge in [-0.15, -0.1) is 0 Å². The van der Waals surface area contributed by atoms with Crippen LogP contribution in [-0.4, -0.2) is 29.1 Å². The average molecular weight is 338 g/mol. The van der Waals surface area contributed by atoms with Crippen LogP contribution in [0, 0.1) is 5.92 Å². The molecule has 0 aliphatic carbocycles. The maximum atomic E-state index is 12.5. The first-order valence-electron chi connectivity index (χ1n) is 8.49. The molecule has 5 nitrogen and oxygen atoms in total. The quantitative estimate of drug-likeness (QED) is 0.694. The fourth-order valence-corrected chi connectivity index (χ4v) is 2.86. The van der Waals surface area contributed by atoms with Gasteiger partial charge in [0.25, 0.3) is 5.91 Å². The number of nitrogens with zero attached hydrogens (tertiary/aromatic N) is 1. The Bertz CT molecular complexity index is 843. The first-order valence-corrected chi connectivity index (χ1v) is 8.49. The molecule has 2 aromatic heterocycles. The fraction of sp³-hybridized carbons (Fsp3) is 0.300. The average Bonchev–Trinajstić information content (AvgIpc) is 3.08. The SMILES string of the molecule is CCc1ccc2occ(C(=O)NC[C@@H](CO)Cc3ccncc3)c2c1. The lowest BCUT2D eigenvalue weighted by Crippen LogP contribution is -2.31. The summed E-state index contributed by atoms with van der Waals surface area (Å²) in [4.78, 5) is 16.5. The molecule has 1 atom stereocenters. The summed E-state index contributed by atoms with van der Waals surface area (Å²) < 4.78 is 5.48. The fourth-order valence-electron chi connectivity index (χ4n) is 2.86. The van der Waals surface area contributed by atoms with Crippen molar-refractivity contribution in [3.8, 4) is 0 Å². The van der Waals surface area contributed by atoms with E-state index in [1.54, 1.807) is 12.4 Å². The van der Waals surface area contributed by atoms with Crippen molar-refractivity contribution < 1.29 is 14.3 Å². The van der Waals surface area contributed by atoms with Crippen LogP contribution in [0.3, 0.4) is 0 Å². The minimum Gasteiger partial charge on any atom is -0.463 e. The number of hydrogen-bond donors (Lipinski definition) is 2. The maximum absolute atomic E-state index is 12.5. The van der Waals surface area contributed by atoms with Crippen molar-refractivity contribution in [3.63, 3.8) is 0 Å². The van der Waals surface area contributed by atoms with Crippen molar-refractivity contribution in [2.75, 3.05) is 13.2 Å². The van der Waals surface area contributed by atoms with Gasteiger partial charge in [-0.25, -0.2) is 0 Å². The molecular weight excluding hydrogens is 316 g/mol. The van der Waals surface area contributed by atoms with Crippen LogP contribution in [0.4, 0.5) is 0 Å². The molecule has 3 aromatic rings. The number of amides is 1. The summed E-state index contributed by atoms with van der Waals surface area (Å²) in [5.41, 5.74) is 3.49. The number of furan rings is 1. The molecule has 0 saturated heterocycles. The standard InChI is InChI=1S/C20H22N2O3/c1-2-14-3-4-19-17(10-14)18(13-25-19)20(24)22-11-16(12-23)9-15-5-7-21-8-6-15/h3-8,10,13,16,23H,2,9,11-12H2,1H3,(H,22,24)/t16-/m0/s1. The van der Waals surface area contributed by atoms with E-state index in [1.807, 2.05) is 30.3 Å². The zero-order valence-electron chi connectivity index (χ0n) is 14.2. The van der Waals surface area contributed by atoms with E-state index in [0.717, 1.165) is 22.9 Å². The molecule has 0 radical (unpaired) electrons. The summed E-state index contributed by atoms with van der Waals surface area (Å²) in [6, 6.07) is 9.73. The summed E-state index contributed by atoms with van der Waals surface area (Å²) in [7, 11) is 0. The van der Waals surface area contributed by atoms with Gasteiger partial charge in [0, 0.05) is 36.8 Å². The number of aryl methyl sites for hydroxylation is 1. The van der Waals surface area contributed by atoms with E-state index in [2.05, 4.69) is 17.2 Å². The normalized spacial score (nSPS) is 12.2. The minimum absolute atomic E-state index is 0.00865. The van der Waals surface area contributed by atoms with Crippen LogP contribution < -0.4 is 5.32 Å². The number of fused-ring (bicyclic) bond motifs is 1. The van der Waals surface area contributed by atoms with E-state index in [9.17, 15) is 9.90 Å². The molecule has 25 heavy (non-hydrogen) atoms. The van der Waals surface area contributed by atoms with E-state index in [-0.39, 0.29) is 18.4 Å². The number of carbonyl (C=O) groups is 1. The molecule has 1 amide bonds. The van der Waals surface area contributed by atoms with Gasteiger partial charge in [-0.05, 0) is 48.2 Å². The summed E-state index contributed by atoms with van der Waals surface area (Å²) in [6.07, 6.45) is 6.54. The molecular formula is C20H22N2O3. The highest BCUT2D eigenvalue weighted by Gasteiger charge is 2.16. The zero-order valence-corrected chi connectivity index (χ0v) is 14.2. The van der Waals surface area contributed by atoms with Crippen LogP contribution in [0.1, 0.15) is 28.4 Å². The lowest BCUT2D eigenvalue weighted by atomic mass is 10.0. The highest BCUT2D eigenvalue weighted by Crippen LogP contribution is 2.23. The molecule has 0 spiro atoms. The van der Waals surface area contributed by atoms with E-state index in [4.69, 9.17) is 4.42 Å². The van der Waals surface area contributed by atoms with E-state index >= 15 is 0 Å². The second-order valence-electron chi connectivity index (χ2n) is 6.15. The molecule has 130 valence electrons. The Morgan fingerprint density at radius 2 is 2.04 bits per heavy atom. The van der Waals surface area contributed by atoms with E-state index < -0.39 is 0 Å². The first kappa shape index (κ1) is 17.2. The highest BCUT2D eigenvalue weighted by atomic mass is 16.3. The number of aromatic nitrogens is 1. The molecule has 0 bridgehead atoms. The summed E-state index contributed by atoms with van der Waals surface area (Å²) in [6.45, 7) is 2.48. The van der Waals surface area contributed by atoms with Gasteiger partial charge in [0.05, 0.1) is 5.56 Å². The third-order valence-electron chi connectivity index (χ3n) is 4.37. The molecule has 0 aliphatic heterocycles. The number of rotatable bonds is 7. The van der Waals surface area contributed by atoms with Gasteiger partial charge in [0.1, 0.15) is 11.8 Å². The Kier molecular flexibility index (Phi) is 5.46. The van der Waals surface area contributed by atoms with Gasteiger partial charge < -0.3 is 14.8 Å². The Morgan fingerprint density at radius 3 is 2.76 bits per heavy atom. The number of aliphatic hydroxyl groups excluding tert-OH is 1. The molecule has 3 rings (SSSR count). The number of carbonyl (C=O) groups excluding carboxylic acids is 1. The van der Waals surface area contributed by atoms with E-state index in [0.29, 0.717) is 24.1 Å². The zero-order chi connectivity index (χ0) is 17.6. The van der Waals surface area contributed by atoms with Crippen LogP contribution in [0.15, 0.2) is 53.4 Å². The third kappa shape index (κ3) is 4.06. The monoisotopic (exact) mass is 338 g/mol. The van der Waals surface area contributed by atoms with Gasteiger partial charge in [-0.3, -0.25) is 9.78 Å². The molecule has 5 heteroatoms. The van der Waals surface area contributed by atoms with Crippen molar-refractivity contribution in [3.05, 3.63) is 65.7 Å². The van der Waals surface area contributed by atoms with Gasteiger partial charge in [-0.1, -0.05) is 13.0 Å². The van der Waals surface area contributed by atoms with Gasteiger partial charge >= 0.3 is 0 Å². The smallest absolute Gasteiger partial charge is 0.255 e. The molecule has 0 saturated carbocycles.